The van der Waals surface area contributed by atoms with Crippen molar-refractivity contribution >= 4 is 23.2 Å². The monoisotopic (exact) mass is 466 g/mol. The zero-order chi connectivity index (χ0) is 24.3. The van der Waals surface area contributed by atoms with Crippen LogP contribution in [0, 0.1) is 13.8 Å². The highest BCUT2D eigenvalue weighted by Crippen LogP contribution is 2.54. The number of nitrogen functional groups attached to an aromatic ring is 1. The quantitative estimate of drug-likeness (QED) is 0.407. The Morgan fingerprint density at radius 2 is 1.77 bits per heavy atom. The molecule has 6 rings (SSSR count). The summed E-state index contributed by atoms with van der Waals surface area (Å²) in [5, 5.41) is 10.6. The van der Waals surface area contributed by atoms with Gasteiger partial charge in [-0.3, -0.25) is 9.48 Å². The van der Waals surface area contributed by atoms with Crippen LogP contribution in [0.1, 0.15) is 61.6 Å². The van der Waals surface area contributed by atoms with Gasteiger partial charge in [-0.15, -0.1) is 0 Å². The lowest BCUT2D eigenvalue weighted by Crippen LogP contribution is -2.24. The standard InChI is InChI=1S/C27H26N6O2/c1-14-10-23(28)31-15(2)22(14)13-29-27(34)16-4-6-18-20(11-16)26-21-12-17(5-7-19(21)25(18)35-26)32-24-8-9-30-33(24)3/h4-12,25-26,32H,13H2,1-3H3,(H2,28,31)(H,29,34). The number of hydrogen-bond donors (Lipinski definition) is 3. The molecule has 4 aromatic rings. The Kier molecular flexibility index (Phi) is 4.86. The number of carbonyl (C=O) groups excluding carboxylic acids is 1. The molecule has 35 heavy (non-hydrogen) atoms. The molecule has 0 aliphatic carbocycles. The Balaban J connectivity index is 1.23. The first-order chi connectivity index (χ1) is 16.9. The van der Waals surface area contributed by atoms with Crippen molar-refractivity contribution < 1.29 is 9.53 Å². The highest BCUT2D eigenvalue weighted by molar-refractivity contribution is 5.94. The third kappa shape index (κ3) is 3.54. The van der Waals surface area contributed by atoms with Crippen molar-refractivity contribution in [2.75, 3.05) is 11.1 Å². The number of amides is 1. The normalized spacial score (nSPS) is 17.2. The van der Waals surface area contributed by atoms with Crippen LogP contribution in [0.2, 0.25) is 0 Å². The Morgan fingerprint density at radius 1 is 1.03 bits per heavy atom. The third-order valence-corrected chi connectivity index (χ3v) is 6.93. The van der Waals surface area contributed by atoms with Crippen molar-refractivity contribution in [2.45, 2.75) is 32.6 Å². The van der Waals surface area contributed by atoms with Crippen LogP contribution >= 0.6 is 0 Å². The smallest absolute Gasteiger partial charge is 0.251 e. The van der Waals surface area contributed by atoms with Gasteiger partial charge in [0.05, 0.1) is 6.20 Å². The van der Waals surface area contributed by atoms with Crippen molar-refractivity contribution in [1.29, 1.82) is 0 Å². The maximum absolute atomic E-state index is 13.0. The fraction of sp³-hybridized carbons (Fsp3) is 0.222. The van der Waals surface area contributed by atoms with E-state index in [0.29, 0.717) is 17.9 Å². The number of aryl methyl sites for hydroxylation is 3. The van der Waals surface area contributed by atoms with Crippen LogP contribution in [0.15, 0.2) is 54.7 Å². The maximum atomic E-state index is 13.0. The van der Waals surface area contributed by atoms with Crippen LogP contribution in [0.4, 0.5) is 17.3 Å². The summed E-state index contributed by atoms with van der Waals surface area (Å²) in [7, 11) is 1.90. The number of fused-ring (bicyclic) bond motifs is 8. The van der Waals surface area contributed by atoms with E-state index in [1.165, 1.54) is 5.56 Å². The Labute approximate surface area is 203 Å². The largest absolute Gasteiger partial charge is 0.384 e. The number of ether oxygens (including phenoxy) is 1. The average Bonchev–Trinajstić information content (AvgIpc) is 3.52. The molecule has 2 aliphatic rings. The van der Waals surface area contributed by atoms with Crippen LogP contribution in [0.3, 0.4) is 0 Å². The van der Waals surface area contributed by atoms with E-state index < -0.39 is 0 Å². The summed E-state index contributed by atoms with van der Waals surface area (Å²) in [5.74, 6) is 1.27. The topological polar surface area (TPSA) is 107 Å². The second kappa shape index (κ2) is 7.95. The molecule has 0 radical (unpaired) electrons. The summed E-state index contributed by atoms with van der Waals surface area (Å²) < 4.78 is 8.13. The van der Waals surface area contributed by atoms with E-state index in [-0.39, 0.29) is 18.1 Å². The lowest BCUT2D eigenvalue weighted by atomic mass is 9.85. The molecule has 0 saturated carbocycles. The number of nitrogens with zero attached hydrogens (tertiary/aromatic N) is 3. The first-order valence-electron chi connectivity index (χ1n) is 11.6. The molecule has 2 unspecified atom stereocenters. The molecule has 1 amide bonds. The van der Waals surface area contributed by atoms with Gasteiger partial charge in [0.15, 0.2) is 0 Å². The molecule has 2 aromatic carbocycles. The van der Waals surface area contributed by atoms with Gasteiger partial charge in [-0.05, 0) is 77.6 Å². The highest BCUT2D eigenvalue weighted by atomic mass is 16.5. The Hall–Kier alpha value is -4.17. The van der Waals surface area contributed by atoms with E-state index in [2.05, 4.69) is 38.9 Å². The van der Waals surface area contributed by atoms with Gasteiger partial charge in [-0.1, -0.05) is 12.1 Å². The van der Waals surface area contributed by atoms with Crippen LogP contribution < -0.4 is 16.4 Å². The van der Waals surface area contributed by atoms with E-state index in [9.17, 15) is 4.79 Å². The van der Waals surface area contributed by atoms with Crippen LogP contribution in [-0.4, -0.2) is 20.7 Å². The number of nitrogens with one attached hydrogen (secondary N) is 2. The molecule has 4 N–H and O–H groups in total. The maximum Gasteiger partial charge on any atom is 0.251 e. The minimum Gasteiger partial charge on any atom is -0.384 e. The molecule has 2 aliphatic heterocycles. The van der Waals surface area contributed by atoms with Crippen molar-refractivity contribution in [3.05, 3.63) is 99.4 Å². The SMILES string of the molecule is Cc1cc(N)nc(C)c1CNC(=O)c1ccc2c(c1)C1OC2c2ccc(Nc3ccnn3C)cc21. The number of rotatable bonds is 5. The summed E-state index contributed by atoms with van der Waals surface area (Å²) >= 11 is 0. The van der Waals surface area contributed by atoms with Crippen LogP contribution in [0.5, 0.6) is 0 Å². The van der Waals surface area contributed by atoms with Crippen molar-refractivity contribution in [3.8, 4) is 0 Å². The van der Waals surface area contributed by atoms with Gasteiger partial charge in [-0.25, -0.2) is 4.98 Å². The van der Waals surface area contributed by atoms with Gasteiger partial charge in [0.2, 0.25) is 0 Å². The molecular weight excluding hydrogens is 440 g/mol. The summed E-state index contributed by atoms with van der Waals surface area (Å²) in [6, 6.07) is 15.9. The van der Waals surface area contributed by atoms with Crippen molar-refractivity contribution in [2.24, 2.45) is 7.05 Å². The van der Waals surface area contributed by atoms with E-state index in [4.69, 9.17) is 10.5 Å². The molecule has 8 heteroatoms. The number of nitrogens with two attached hydrogens (primary N) is 1. The molecule has 0 spiro atoms. The highest BCUT2D eigenvalue weighted by Gasteiger charge is 2.43. The lowest BCUT2D eigenvalue weighted by molar-refractivity contribution is 0.0857. The van der Waals surface area contributed by atoms with E-state index in [1.54, 1.807) is 10.9 Å². The zero-order valence-electron chi connectivity index (χ0n) is 19.8. The molecule has 2 aromatic heterocycles. The van der Waals surface area contributed by atoms with E-state index in [1.807, 2.05) is 51.2 Å². The van der Waals surface area contributed by atoms with E-state index >= 15 is 0 Å². The first-order valence-corrected chi connectivity index (χ1v) is 11.6. The molecule has 176 valence electrons. The number of hydrogen-bond acceptors (Lipinski definition) is 6. The van der Waals surface area contributed by atoms with E-state index in [0.717, 1.165) is 45.0 Å². The molecule has 8 nitrogen and oxygen atoms in total. The molecule has 2 bridgehead atoms. The summed E-state index contributed by atoms with van der Waals surface area (Å²) in [6.45, 7) is 4.28. The van der Waals surface area contributed by atoms with Gasteiger partial charge >= 0.3 is 0 Å². The zero-order valence-corrected chi connectivity index (χ0v) is 19.8. The van der Waals surface area contributed by atoms with Crippen LogP contribution in [-0.2, 0) is 18.3 Å². The minimum atomic E-state index is -0.183. The molecule has 2 atom stereocenters. The van der Waals surface area contributed by atoms with Gasteiger partial charge < -0.3 is 21.1 Å². The molecule has 4 heterocycles. The number of carbonyl (C=O) groups is 1. The third-order valence-electron chi connectivity index (χ3n) is 6.93. The predicted molar refractivity (Wildman–Crippen MR) is 133 cm³/mol. The summed E-state index contributed by atoms with van der Waals surface area (Å²) in [5.41, 5.74) is 14.7. The van der Waals surface area contributed by atoms with Gasteiger partial charge in [0.1, 0.15) is 23.8 Å². The second-order valence-corrected chi connectivity index (χ2v) is 9.16. The van der Waals surface area contributed by atoms with Gasteiger partial charge in [0.25, 0.3) is 5.91 Å². The molecular formula is C27H26N6O2. The fourth-order valence-corrected chi connectivity index (χ4v) is 5.13. The molecule has 0 saturated heterocycles. The Morgan fingerprint density at radius 3 is 2.51 bits per heavy atom. The average molecular weight is 467 g/mol. The fourth-order valence-electron chi connectivity index (χ4n) is 5.13. The lowest BCUT2D eigenvalue weighted by Gasteiger charge is -2.18. The minimum absolute atomic E-state index is 0.0981. The summed E-state index contributed by atoms with van der Waals surface area (Å²) in [6.07, 6.45) is 1.48. The first kappa shape index (κ1) is 21.4. The number of aromatic nitrogens is 3. The second-order valence-electron chi connectivity index (χ2n) is 9.16. The van der Waals surface area contributed by atoms with Crippen LogP contribution in [0.25, 0.3) is 0 Å². The number of anilines is 3. The summed E-state index contributed by atoms with van der Waals surface area (Å²) in [4.78, 5) is 17.3. The Bertz CT molecular complexity index is 1470. The number of benzene rings is 2. The van der Waals surface area contributed by atoms with Gasteiger partial charge in [0, 0.05) is 36.6 Å². The van der Waals surface area contributed by atoms with Gasteiger partial charge in [-0.2, -0.15) is 5.10 Å². The van der Waals surface area contributed by atoms with Crippen molar-refractivity contribution in [1.82, 2.24) is 20.1 Å². The number of pyridine rings is 1. The van der Waals surface area contributed by atoms with Crippen molar-refractivity contribution in [3.63, 3.8) is 0 Å². The predicted octanol–water partition coefficient (Wildman–Crippen LogP) is 4.21. The molecule has 0 fully saturated rings.